The third kappa shape index (κ3) is 4.80. The number of ether oxygens (including phenoxy) is 2. The van der Waals surface area contributed by atoms with Crippen LogP contribution in [0, 0.1) is 23.5 Å². The zero-order valence-electron chi connectivity index (χ0n) is 17.4. The van der Waals surface area contributed by atoms with Gasteiger partial charge >= 0.3 is 0 Å². The zero-order valence-corrected chi connectivity index (χ0v) is 18.1. The van der Waals surface area contributed by atoms with E-state index in [0.29, 0.717) is 24.0 Å². The number of rotatable bonds is 7. The number of fused-ring (bicyclic) bond motifs is 2. The first-order valence-electron chi connectivity index (χ1n) is 10.4. The van der Waals surface area contributed by atoms with E-state index in [1.54, 1.807) is 0 Å². The predicted molar refractivity (Wildman–Crippen MR) is 114 cm³/mol. The summed E-state index contributed by atoms with van der Waals surface area (Å²) in [5.74, 6) is -0.837. The van der Waals surface area contributed by atoms with Gasteiger partial charge in [-0.1, -0.05) is 11.6 Å². The van der Waals surface area contributed by atoms with E-state index in [4.69, 9.17) is 21.1 Å². The van der Waals surface area contributed by atoms with E-state index in [1.165, 1.54) is 37.4 Å². The minimum atomic E-state index is -0.622. The maximum atomic E-state index is 14.1. The first kappa shape index (κ1) is 22.3. The van der Waals surface area contributed by atoms with Crippen molar-refractivity contribution in [3.8, 4) is 11.5 Å². The quantitative estimate of drug-likeness (QED) is 0.655. The summed E-state index contributed by atoms with van der Waals surface area (Å²) in [4.78, 5) is 25.0. The molecule has 2 atom stereocenters. The van der Waals surface area contributed by atoms with Crippen LogP contribution in [0.5, 0.6) is 11.5 Å². The Kier molecular flexibility index (Phi) is 6.50. The summed E-state index contributed by atoms with van der Waals surface area (Å²) in [6, 6.07) is 7.69. The SMILES string of the molecule is COc1ccc(F)c(C(=O)N[C@@H]2C[C@H](NC(=O)COc3ccc(Cl)c(F)c3)C3CC2C3)c1. The molecule has 2 amide bonds. The molecule has 0 unspecified atom stereocenters. The zero-order chi connectivity index (χ0) is 22.8. The van der Waals surface area contributed by atoms with Gasteiger partial charge in [-0.3, -0.25) is 9.59 Å². The molecule has 3 aliphatic carbocycles. The molecule has 0 aliphatic heterocycles. The fourth-order valence-corrected chi connectivity index (χ4v) is 4.51. The highest BCUT2D eigenvalue weighted by molar-refractivity contribution is 6.30. The Morgan fingerprint density at radius 1 is 0.969 bits per heavy atom. The fraction of sp³-hybridized carbons (Fsp3) is 0.391. The Balaban J connectivity index is 1.32. The Morgan fingerprint density at radius 3 is 2.34 bits per heavy atom. The minimum Gasteiger partial charge on any atom is -0.497 e. The molecule has 3 fully saturated rings. The van der Waals surface area contributed by atoms with Crippen LogP contribution >= 0.6 is 11.6 Å². The van der Waals surface area contributed by atoms with Crippen molar-refractivity contribution in [1.29, 1.82) is 0 Å². The third-order valence-corrected chi connectivity index (χ3v) is 6.51. The molecule has 0 aromatic heterocycles. The second kappa shape index (κ2) is 9.32. The maximum absolute atomic E-state index is 14.1. The Labute approximate surface area is 189 Å². The largest absolute Gasteiger partial charge is 0.497 e. The number of hydrogen-bond donors (Lipinski definition) is 2. The summed E-state index contributed by atoms with van der Waals surface area (Å²) in [7, 11) is 1.45. The molecule has 6 nitrogen and oxygen atoms in total. The van der Waals surface area contributed by atoms with Gasteiger partial charge in [0.15, 0.2) is 6.61 Å². The Hall–Kier alpha value is -2.87. The molecule has 3 aliphatic rings. The van der Waals surface area contributed by atoms with Crippen LogP contribution in [-0.2, 0) is 4.79 Å². The number of methoxy groups -OCH3 is 1. The molecule has 2 aromatic rings. The molecule has 2 bridgehead atoms. The van der Waals surface area contributed by atoms with Gasteiger partial charge in [-0.2, -0.15) is 0 Å². The summed E-state index contributed by atoms with van der Waals surface area (Å²) in [6.45, 7) is -0.264. The van der Waals surface area contributed by atoms with Crippen molar-refractivity contribution < 1.29 is 27.8 Å². The lowest BCUT2D eigenvalue weighted by molar-refractivity contribution is -0.125. The predicted octanol–water partition coefficient (Wildman–Crippen LogP) is 3.72. The molecule has 0 heterocycles. The number of halogens is 3. The normalized spacial score (nSPS) is 23.6. The smallest absolute Gasteiger partial charge is 0.258 e. The van der Waals surface area contributed by atoms with Crippen molar-refractivity contribution in [3.63, 3.8) is 0 Å². The lowest BCUT2D eigenvalue weighted by atomic mass is 9.60. The van der Waals surface area contributed by atoms with Gasteiger partial charge in [0.1, 0.15) is 23.1 Å². The van der Waals surface area contributed by atoms with Crippen molar-refractivity contribution in [2.75, 3.05) is 13.7 Å². The highest BCUT2D eigenvalue weighted by Gasteiger charge is 2.47. The molecule has 32 heavy (non-hydrogen) atoms. The summed E-state index contributed by atoms with van der Waals surface area (Å²) < 4.78 is 38.0. The molecule has 5 rings (SSSR count). The van der Waals surface area contributed by atoms with Gasteiger partial charge in [-0.05, 0) is 61.4 Å². The summed E-state index contributed by atoms with van der Waals surface area (Å²) >= 11 is 5.64. The molecule has 9 heteroatoms. The van der Waals surface area contributed by atoms with Crippen molar-refractivity contribution in [1.82, 2.24) is 10.6 Å². The topological polar surface area (TPSA) is 76.7 Å². The molecule has 0 saturated heterocycles. The maximum Gasteiger partial charge on any atom is 0.258 e. The average Bonchev–Trinajstić information content (AvgIpc) is 2.74. The van der Waals surface area contributed by atoms with E-state index in [0.717, 1.165) is 18.9 Å². The second-order valence-corrected chi connectivity index (χ2v) is 8.60. The molecule has 2 N–H and O–H groups in total. The van der Waals surface area contributed by atoms with Crippen LogP contribution in [0.2, 0.25) is 5.02 Å². The summed E-state index contributed by atoms with van der Waals surface area (Å²) in [5, 5.41) is 5.84. The monoisotopic (exact) mass is 464 g/mol. The second-order valence-electron chi connectivity index (χ2n) is 8.19. The number of benzene rings is 2. The van der Waals surface area contributed by atoms with Gasteiger partial charge in [-0.25, -0.2) is 8.78 Å². The number of amides is 2. The standard InChI is InChI=1S/C23H23ClF2N2O4/c1-31-14-3-5-18(25)16(8-14)23(30)28-21-10-20(12-6-13(21)7-12)27-22(29)11-32-15-2-4-17(24)19(26)9-15/h2-5,8-9,12-13,20-21H,6-7,10-11H2,1H3,(H,27,29)(H,28,30)/t12?,13?,20-,21+/m0/s1. The van der Waals surface area contributed by atoms with Gasteiger partial charge in [0.05, 0.1) is 17.7 Å². The molecular formula is C23H23ClF2N2O4. The van der Waals surface area contributed by atoms with Gasteiger partial charge in [0.25, 0.3) is 11.8 Å². The third-order valence-electron chi connectivity index (χ3n) is 6.20. The number of carbonyl (C=O) groups excluding carboxylic acids is 2. The number of carbonyl (C=O) groups is 2. The molecule has 170 valence electrons. The van der Waals surface area contributed by atoms with Crippen LogP contribution < -0.4 is 20.1 Å². The van der Waals surface area contributed by atoms with Crippen LogP contribution in [0.3, 0.4) is 0 Å². The van der Waals surface area contributed by atoms with E-state index < -0.39 is 17.5 Å². The molecular weight excluding hydrogens is 442 g/mol. The average molecular weight is 465 g/mol. The fourth-order valence-electron chi connectivity index (χ4n) is 4.39. The molecule has 0 radical (unpaired) electrons. The van der Waals surface area contributed by atoms with Crippen molar-refractivity contribution in [2.24, 2.45) is 11.8 Å². The molecule has 2 aromatic carbocycles. The highest BCUT2D eigenvalue weighted by Crippen LogP contribution is 2.46. The van der Waals surface area contributed by atoms with E-state index in [1.807, 2.05) is 0 Å². The highest BCUT2D eigenvalue weighted by atomic mass is 35.5. The van der Waals surface area contributed by atoms with Crippen molar-refractivity contribution >= 4 is 23.4 Å². The van der Waals surface area contributed by atoms with Crippen LogP contribution in [0.1, 0.15) is 29.6 Å². The first-order valence-corrected chi connectivity index (χ1v) is 10.7. The van der Waals surface area contributed by atoms with Crippen molar-refractivity contribution in [2.45, 2.75) is 31.3 Å². The van der Waals surface area contributed by atoms with Gasteiger partial charge in [0, 0.05) is 18.2 Å². The Bertz CT molecular complexity index is 1030. The lowest BCUT2D eigenvalue weighted by Gasteiger charge is -2.51. The van der Waals surface area contributed by atoms with E-state index >= 15 is 0 Å². The van der Waals surface area contributed by atoms with Crippen LogP contribution in [0.4, 0.5) is 8.78 Å². The molecule has 0 spiro atoms. The minimum absolute atomic E-state index is 0.0227. The van der Waals surface area contributed by atoms with E-state index in [-0.39, 0.29) is 40.9 Å². The van der Waals surface area contributed by atoms with E-state index in [9.17, 15) is 18.4 Å². The van der Waals surface area contributed by atoms with Gasteiger partial charge < -0.3 is 20.1 Å². The van der Waals surface area contributed by atoms with Gasteiger partial charge in [-0.15, -0.1) is 0 Å². The summed E-state index contributed by atoms with van der Waals surface area (Å²) in [6.07, 6.45) is 2.30. The lowest BCUT2D eigenvalue weighted by Crippen LogP contribution is -2.60. The Morgan fingerprint density at radius 2 is 1.66 bits per heavy atom. The first-order chi connectivity index (χ1) is 15.3. The molecule has 3 saturated carbocycles. The van der Waals surface area contributed by atoms with Crippen LogP contribution in [-0.4, -0.2) is 37.6 Å². The van der Waals surface area contributed by atoms with Crippen LogP contribution in [0.15, 0.2) is 36.4 Å². The van der Waals surface area contributed by atoms with E-state index in [2.05, 4.69) is 10.6 Å². The summed E-state index contributed by atoms with van der Waals surface area (Å²) in [5.41, 5.74) is -0.0741. The van der Waals surface area contributed by atoms with Crippen LogP contribution in [0.25, 0.3) is 0 Å². The number of nitrogens with one attached hydrogen (secondary N) is 2. The number of hydrogen-bond acceptors (Lipinski definition) is 4. The van der Waals surface area contributed by atoms with Gasteiger partial charge in [0.2, 0.25) is 0 Å². The van der Waals surface area contributed by atoms with Crippen molar-refractivity contribution in [3.05, 3.63) is 58.6 Å².